The highest BCUT2D eigenvalue weighted by Crippen LogP contribution is 2.30. The Labute approximate surface area is 169 Å². The van der Waals surface area contributed by atoms with Gasteiger partial charge in [0.15, 0.2) is 0 Å². The number of aryl methyl sites for hydroxylation is 1. The van der Waals surface area contributed by atoms with E-state index in [1.165, 1.54) is 0 Å². The molecule has 1 saturated heterocycles. The molecule has 144 valence electrons. The van der Waals surface area contributed by atoms with Crippen LogP contribution in [0.4, 0.5) is 0 Å². The molecular formula is C24H22N4O. The number of benzene rings is 2. The van der Waals surface area contributed by atoms with Crippen LogP contribution in [-0.2, 0) is 7.05 Å². The van der Waals surface area contributed by atoms with Gasteiger partial charge in [-0.15, -0.1) is 0 Å². The smallest absolute Gasteiger partial charge is 0.253 e. The van der Waals surface area contributed by atoms with E-state index in [-0.39, 0.29) is 5.91 Å². The Morgan fingerprint density at radius 1 is 0.931 bits per heavy atom. The van der Waals surface area contributed by atoms with Gasteiger partial charge in [-0.3, -0.25) is 14.5 Å². The van der Waals surface area contributed by atoms with Gasteiger partial charge >= 0.3 is 0 Å². The molecule has 5 heteroatoms. The topological polar surface area (TPSA) is 51.0 Å². The zero-order valence-electron chi connectivity index (χ0n) is 16.4. The second kappa shape index (κ2) is 7.17. The number of likely N-dealkylation sites (tertiary alicyclic amines) is 1. The quantitative estimate of drug-likeness (QED) is 0.523. The first kappa shape index (κ1) is 17.6. The third-order valence-electron chi connectivity index (χ3n) is 5.62. The Kier molecular flexibility index (Phi) is 4.35. The van der Waals surface area contributed by atoms with Crippen LogP contribution in [0.3, 0.4) is 0 Å². The van der Waals surface area contributed by atoms with Crippen molar-refractivity contribution in [2.24, 2.45) is 7.05 Å². The fourth-order valence-corrected chi connectivity index (χ4v) is 4.05. The van der Waals surface area contributed by atoms with E-state index in [0.29, 0.717) is 0 Å². The zero-order chi connectivity index (χ0) is 19.8. The van der Waals surface area contributed by atoms with Crippen molar-refractivity contribution in [3.63, 3.8) is 0 Å². The predicted molar refractivity (Wildman–Crippen MR) is 115 cm³/mol. The lowest BCUT2D eigenvalue weighted by atomic mass is 9.98. The Bertz CT molecular complexity index is 1190. The summed E-state index contributed by atoms with van der Waals surface area (Å²) in [6.45, 7) is 1.71. The van der Waals surface area contributed by atoms with Crippen LogP contribution in [0.25, 0.3) is 33.2 Å². The van der Waals surface area contributed by atoms with E-state index in [1.54, 1.807) is 4.68 Å². The van der Waals surface area contributed by atoms with Crippen LogP contribution in [0.2, 0.25) is 0 Å². The van der Waals surface area contributed by atoms with Gasteiger partial charge in [0.1, 0.15) is 0 Å². The summed E-state index contributed by atoms with van der Waals surface area (Å²) in [6.07, 6.45) is 7.89. The van der Waals surface area contributed by atoms with Crippen LogP contribution in [0.1, 0.15) is 23.2 Å². The average Bonchev–Trinajstić information content (AvgIpc) is 3.45. The Balaban J connectivity index is 1.54. The summed E-state index contributed by atoms with van der Waals surface area (Å²) in [6, 6.07) is 16.3. The summed E-state index contributed by atoms with van der Waals surface area (Å²) in [4.78, 5) is 19.3. The summed E-state index contributed by atoms with van der Waals surface area (Å²) in [7, 11) is 1.92. The third-order valence-corrected chi connectivity index (χ3v) is 5.62. The van der Waals surface area contributed by atoms with Crippen molar-refractivity contribution < 1.29 is 4.79 Å². The lowest BCUT2D eigenvalue weighted by molar-refractivity contribution is 0.0793. The SMILES string of the molecule is Cn1cc(-c2ccc(-c3ccnc4ccc(C(=O)N5CCCC5)cc34)cc2)cn1. The number of fused-ring (bicyclic) bond motifs is 1. The molecule has 0 aliphatic carbocycles. The minimum Gasteiger partial charge on any atom is -0.339 e. The van der Waals surface area contributed by atoms with Crippen molar-refractivity contribution in [2.75, 3.05) is 13.1 Å². The number of carbonyl (C=O) groups is 1. The number of hydrogen-bond donors (Lipinski definition) is 0. The molecule has 0 N–H and O–H groups in total. The van der Waals surface area contributed by atoms with Crippen molar-refractivity contribution in [3.8, 4) is 22.3 Å². The van der Waals surface area contributed by atoms with Gasteiger partial charge in [-0.2, -0.15) is 5.10 Å². The van der Waals surface area contributed by atoms with Crippen molar-refractivity contribution >= 4 is 16.8 Å². The molecule has 0 unspecified atom stereocenters. The van der Waals surface area contributed by atoms with Gasteiger partial charge in [-0.1, -0.05) is 24.3 Å². The molecule has 0 radical (unpaired) electrons. The first-order valence-corrected chi connectivity index (χ1v) is 9.96. The molecule has 1 aliphatic rings. The number of amides is 1. The summed E-state index contributed by atoms with van der Waals surface area (Å²) in [5, 5.41) is 5.25. The summed E-state index contributed by atoms with van der Waals surface area (Å²) < 4.78 is 1.80. The number of pyridine rings is 1. The number of nitrogens with zero attached hydrogens (tertiary/aromatic N) is 4. The van der Waals surface area contributed by atoms with Crippen molar-refractivity contribution in [1.29, 1.82) is 0 Å². The molecule has 5 nitrogen and oxygen atoms in total. The minimum atomic E-state index is 0.117. The molecule has 0 saturated carbocycles. The molecule has 1 fully saturated rings. The fourth-order valence-electron chi connectivity index (χ4n) is 4.05. The maximum Gasteiger partial charge on any atom is 0.253 e. The van der Waals surface area contributed by atoms with E-state index in [9.17, 15) is 4.79 Å². The summed E-state index contributed by atoms with van der Waals surface area (Å²) >= 11 is 0. The summed E-state index contributed by atoms with van der Waals surface area (Å²) in [5.74, 6) is 0.117. The molecule has 0 bridgehead atoms. The van der Waals surface area contributed by atoms with E-state index in [4.69, 9.17) is 0 Å². The van der Waals surface area contributed by atoms with E-state index in [0.717, 1.165) is 64.7 Å². The van der Waals surface area contributed by atoms with Gasteiger partial charge < -0.3 is 4.90 Å². The van der Waals surface area contributed by atoms with Crippen LogP contribution in [0.5, 0.6) is 0 Å². The molecule has 1 amide bonds. The normalized spacial score (nSPS) is 13.9. The van der Waals surface area contributed by atoms with Gasteiger partial charge in [0.25, 0.3) is 5.91 Å². The van der Waals surface area contributed by atoms with Crippen molar-refractivity contribution in [1.82, 2.24) is 19.7 Å². The Hall–Kier alpha value is -3.47. The highest BCUT2D eigenvalue weighted by molar-refractivity contribution is 6.02. The molecular weight excluding hydrogens is 360 g/mol. The van der Waals surface area contributed by atoms with Gasteiger partial charge in [-0.05, 0) is 53.8 Å². The van der Waals surface area contributed by atoms with E-state index >= 15 is 0 Å². The number of rotatable bonds is 3. The van der Waals surface area contributed by atoms with Gasteiger partial charge in [0.05, 0.1) is 11.7 Å². The van der Waals surface area contributed by atoms with E-state index in [1.807, 2.05) is 54.8 Å². The second-order valence-electron chi connectivity index (χ2n) is 7.57. The van der Waals surface area contributed by atoms with Gasteiger partial charge in [0.2, 0.25) is 0 Å². The lowest BCUT2D eigenvalue weighted by Crippen LogP contribution is -2.27. The molecule has 29 heavy (non-hydrogen) atoms. The number of hydrogen-bond acceptors (Lipinski definition) is 3. The Morgan fingerprint density at radius 2 is 1.69 bits per heavy atom. The molecule has 2 aromatic heterocycles. The van der Waals surface area contributed by atoms with Crippen molar-refractivity contribution in [3.05, 3.63) is 72.7 Å². The largest absolute Gasteiger partial charge is 0.339 e. The fraction of sp³-hybridized carbons (Fsp3) is 0.208. The molecule has 1 aliphatic heterocycles. The molecule has 0 atom stereocenters. The highest BCUT2D eigenvalue weighted by atomic mass is 16.2. The average molecular weight is 382 g/mol. The van der Waals surface area contributed by atoms with Crippen LogP contribution in [0, 0.1) is 0 Å². The zero-order valence-corrected chi connectivity index (χ0v) is 16.4. The molecule has 5 rings (SSSR count). The lowest BCUT2D eigenvalue weighted by Gasteiger charge is -2.16. The molecule has 0 spiro atoms. The van der Waals surface area contributed by atoms with E-state index < -0.39 is 0 Å². The second-order valence-corrected chi connectivity index (χ2v) is 7.57. The highest BCUT2D eigenvalue weighted by Gasteiger charge is 2.20. The first-order chi connectivity index (χ1) is 14.2. The van der Waals surface area contributed by atoms with Crippen molar-refractivity contribution in [2.45, 2.75) is 12.8 Å². The van der Waals surface area contributed by atoms with Crippen LogP contribution in [0.15, 0.2) is 67.1 Å². The van der Waals surface area contributed by atoms with Crippen LogP contribution >= 0.6 is 0 Å². The number of carbonyl (C=O) groups excluding carboxylic acids is 1. The molecule has 4 aromatic rings. The maximum atomic E-state index is 12.8. The maximum absolute atomic E-state index is 12.8. The van der Waals surface area contributed by atoms with Crippen LogP contribution < -0.4 is 0 Å². The predicted octanol–water partition coefficient (Wildman–Crippen LogP) is 4.54. The van der Waals surface area contributed by atoms with Crippen LogP contribution in [-0.4, -0.2) is 38.7 Å². The Morgan fingerprint density at radius 3 is 2.41 bits per heavy atom. The molecule has 3 heterocycles. The molecule has 2 aromatic carbocycles. The van der Waals surface area contributed by atoms with Gasteiger partial charge in [0, 0.05) is 49.0 Å². The monoisotopic (exact) mass is 382 g/mol. The van der Waals surface area contributed by atoms with Gasteiger partial charge in [-0.25, -0.2) is 0 Å². The summed E-state index contributed by atoms with van der Waals surface area (Å²) in [5.41, 5.74) is 6.05. The third kappa shape index (κ3) is 3.29. The first-order valence-electron chi connectivity index (χ1n) is 9.96. The minimum absolute atomic E-state index is 0.117. The number of aromatic nitrogens is 3. The van der Waals surface area contributed by atoms with E-state index in [2.05, 4.69) is 34.3 Å². The standard InChI is InChI=1S/C24H22N4O/c1-27-16-20(15-26-27)17-4-6-18(7-5-17)21-10-11-25-23-9-8-19(14-22(21)23)24(29)28-12-2-3-13-28/h4-11,14-16H,2-3,12-13H2,1H3.